The molecule has 1 fully saturated rings. The highest BCUT2D eigenvalue weighted by Gasteiger charge is 2.50. The fraction of sp³-hybridized carbons (Fsp3) is 0.341. The fourth-order valence-electron chi connectivity index (χ4n) is 5.53. The average Bonchev–Trinajstić information content (AvgIpc) is 3.19. The van der Waals surface area contributed by atoms with Gasteiger partial charge in [0.25, 0.3) is 0 Å². The van der Waals surface area contributed by atoms with E-state index in [1.165, 1.54) is 4.90 Å². The Labute approximate surface area is 304 Å². The van der Waals surface area contributed by atoms with Gasteiger partial charge < -0.3 is 38.4 Å². The van der Waals surface area contributed by atoms with Gasteiger partial charge >= 0.3 is 18.0 Å². The summed E-state index contributed by atoms with van der Waals surface area (Å²) in [5.74, 6) is -1.46. The zero-order chi connectivity index (χ0) is 36.5. The highest BCUT2D eigenvalue weighted by molar-refractivity contribution is 5.90. The van der Waals surface area contributed by atoms with Gasteiger partial charge in [0.2, 0.25) is 0 Å². The summed E-state index contributed by atoms with van der Waals surface area (Å²) in [7, 11) is 0. The third-order valence-electron chi connectivity index (χ3n) is 8.37. The van der Waals surface area contributed by atoms with E-state index in [-0.39, 0.29) is 44.0 Å². The second-order valence-corrected chi connectivity index (χ2v) is 12.3. The number of aliphatic hydroxyl groups excluding tert-OH is 1. The molecule has 0 bridgehead atoms. The largest absolute Gasteiger partial charge is 0.452 e. The van der Waals surface area contributed by atoms with Crippen LogP contribution < -0.4 is 0 Å². The summed E-state index contributed by atoms with van der Waals surface area (Å²) < 4.78 is 35.7. The summed E-state index contributed by atoms with van der Waals surface area (Å²) in [6.45, 7) is 2.72. The Morgan fingerprint density at radius 3 is 1.83 bits per heavy atom. The number of carbonyl (C=O) groups is 3. The number of nitrogens with zero attached hydrogens (tertiary/aromatic N) is 1. The third-order valence-corrected chi connectivity index (χ3v) is 8.37. The summed E-state index contributed by atoms with van der Waals surface area (Å²) in [4.78, 5) is 41.6. The van der Waals surface area contributed by atoms with Crippen molar-refractivity contribution in [2.45, 2.75) is 63.6 Å². The molecule has 11 nitrogen and oxygen atoms in total. The van der Waals surface area contributed by atoms with Crippen molar-refractivity contribution in [2.75, 3.05) is 26.4 Å². The van der Waals surface area contributed by atoms with Crippen LogP contribution in [0.2, 0.25) is 0 Å². The minimum Gasteiger partial charge on any atom is -0.452 e. The van der Waals surface area contributed by atoms with E-state index < -0.39 is 48.7 Å². The first-order valence-corrected chi connectivity index (χ1v) is 17.5. The molecule has 52 heavy (non-hydrogen) atoms. The molecule has 5 atom stereocenters. The van der Waals surface area contributed by atoms with Crippen LogP contribution in [-0.2, 0) is 41.6 Å². The van der Waals surface area contributed by atoms with E-state index in [9.17, 15) is 19.5 Å². The fourth-order valence-corrected chi connectivity index (χ4v) is 5.53. The van der Waals surface area contributed by atoms with Gasteiger partial charge in [0, 0.05) is 19.7 Å². The van der Waals surface area contributed by atoms with E-state index >= 15 is 0 Å². The quantitative estimate of drug-likeness (QED) is 0.0768. The topological polar surface area (TPSA) is 130 Å². The van der Waals surface area contributed by atoms with Gasteiger partial charge in [-0.05, 0) is 41.8 Å². The normalized spacial score (nSPS) is 19.7. The molecule has 1 saturated heterocycles. The van der Waals surface area contributed by atoms with Gasteiger partial charge in [-0.3, -0.25) is 0 Å². The van der Waals surface area contributed by atoms with Gasteiger partial charge in [-0.25, -0.2) is 14.4 Å². The minimum atomic E-state index is -1.44. The molecular formula is C41H45NO10. The summed E-state index contributed by atoms with van der Waals surface area (Å²) in [6.07, 6.45) is -5.40. The lowest BCUT2D eigenvalue weighted by atomic mass is 9.98. The van der Waals surface area contributed by atoms with Crippen LogP contribution in [0.15, 0.2) is 121 Å². The lowest BCUT2D eigenvalue weighted by molar-refractivity contribution is -0.301. The Bertz CT molecular complexity index is 1660. The molecule has 1 amide bonds. The maximum atomic E-state index is 13.4. The monoisotopic (exact) mass is 711 g/mol. The van der Waals surface area contributed by atoms with Crippen LogP contribution >= 0.6 is 0 Å². The molecule has 0 saturated carbocycles. The van der Waals surface area contributed by atoms with Crippen molar-refractivity contribution in [1.29, 1.82) is 0 Å². The molecule has 11 heteroatoms. The molecule has 1 aliphatic heterocycles. The van der Waals surface area contributed by atoms with Crippen LogP contribution in [0.5, 0.6) is 0 Å². The first-order chi connectivity index (χ1) is 25.4. The van der Waals surface area contributed by atoms with E-state index in [0.29, 0.717) is 6.61 Å². The first-order valence-electron chi connectivity index (χ1n) is 17.5. The van der Waals surface area contributed by atoms with Crippen molar-refractivity contribution in [3.8, 4) is 0 Å². The van der Waals surface area contributed by atoms with Crippen molar-refractivity contribution in [3.05, 3.63) is 144 Å². The molecule has 274 valence electrons. The van der Waals surface area contributed by atoms with Gasteiger partial charge in [0.15, 0.2) is 18.5 Å². The molecule has 4 aromatic carbocycles. The number of esters is 2. The van der Waals surface area contributed by atoms with E-state index in [2.05, 4.69) is 0 Å². The maximum absolute atomic E-state index is 13.4. The van der Waals surface area contributed by atoms with Gasteiger partial charge in [0.1, 0.15) is 18.8 Å². The Balaban J connectivity index is 1.37. The average molecular weight is 712 g/mol. The number of ether oxygens (including phenoxy) is 6. The SMILES string of the molecule is CCCCOCC1O[C@@H](OCCN(Cc2ccccc2)C(=O)OCc2ccccc2)C(OC(=O)c2ccccc2)C(OC(=O)c2ccccc2)[C@@H]1O. The zero-order valence-electron chi connectivity index (χ0n) is 29.2. The van der Waals surface area contributed by atoms with Gasteiger partial charge in [-0.15, -0.1) is 0 Å². The van der Waals surface area contributed by atoms with E-state index in [1.54, 1.807) is 60.7 Å². The molecular weight excluding hydrogens is 666 g/mol. The first kappa shape index (κ1) is 38.2. The smallest absolute Gasteiger partial charge is 0.410 e. The van der Waals surface area contributed by atoms with Gasteiger partial charge in [0.05, 0.1) is 24.3 Å². The van der Waals surface area contributed by atoms with E-state index in [1.807, 2.05) is 67.6 Å². The molecule has 0 aliphatic carbocycles. The molecule has 0 radical (unpaired) electrons. The summed E-state index contributed by atoms with van der Waals surface area (Å²) >= 11 is 0. The standard InChI is InChI=1S/C41H45NO10/c1-2-3-25-47-29-34-35(43)36(51-38(44)32-20-12-6-13-21-32)37(52-39(45)33-22-14-7-15-23-33)40(50-34)48-26-24-42(27-30-16-8-4-9-17-30)41(46)49-28-31-18-10-5-11-19-31/h4-23,34-37,40,43H,2-3,24-29H2,1H3/t34?,35-,36?,37?,40-/m1/s1. The second-order valence-electron chi connectivity index (χ2n) is 12.3. The molecule has 1 aliphatic rings. The molecule has 1 N–H and O–H groups in total. The van der Waals surface area contributed by atoms with Crippen LogP contribution in [0, 0.1) is 0 Å². The summed E-state index contributed by atoms with van der Waals surface area (Å²) in [5, 5.41) is 11.6. The summed E-state index contributed by atoms with van der Waals surface area (Å²) in [6, 6.07) is 35.4. The molecule has 1 heterocycles. The molecule has 4 aromatic rings. The molecule has 0 aromatic heterocycles. The third kappa shape index (κ3) is 11.2. The number of carbonyl (C=O) groups excluding carboxylic acids is 3. The number of rotatable bonds is 17. The van der Waals surface area contributed by atoms with Crippen molar-refractivity contribution in [1.82, 2.24) is 4.90 Å². The number of unbranched alkanes of at least 4 members (excludes halogenated alkanes) is 1. The van der Waals surface area contributed by atoms with Crippen LogP contribution in [0.3, 0.4) is 0 Å². The molecule has 3 unspecified atom stereocenters. The Hall–Kier alpha value is -5.07. The van der Waals surface area contributed by atoms with Crippen molar-refractivity contribution in [3.63, 3.8) is 0 Å². The van der Waals surface area contributed by atoms with Crippen LogP contribution in [0.25, 0.3) is 0 Å². The minimum absolute atomic E-state index is 0.0360. The number of hydrogen-bond donors (Lipinski definition) is 1. The molecule has 0 spiro atoms. The van der Waals surface area contributed by atoms with E-state index in [0.717, 1.165) is 24.0 Å². The lowest BCUT2D eigenvalue weighted by Gasteiger charge is -2.43. The van der Waals surface area contributed by atoms with Gasteiger partial charge in [-0.2, -0.15) is 0 Å². The second kappa shape index (κ2) is 20.1. The number of aliphatic hydroxyl groups is 1. The highest BCUT2D eigenvalue weighted by atomic mass is 16.7. The number of benzene rings is 4. The zero-order valence-corrected chi connectivity index (χ0v) is 29.2. The van der Waals surface area contributed by atoms with Crippen molar-refractivity contribution in [2.24, 2.45) is 0 Å². The predicted molar refractivity (Wildman–Crippen MR) is 191 cm³/mol. The van der Waals surface area contributed by atoms with Crippen molar-refractivity contribution < 1.29 is 47.9 Å². The Morgan fingerprint density at radius 1 is 0.712 bits per heavy atom. The van der Waals surface area contributed by atoms with Crippen LogP contribution in [-0.4, -0.2) is 85.1 Å². The van der Waals surface area contributed by atoms with Crippen LogP contribution in [0.4, 0.5) is 4.79 Å². The molecule has 5 rings (SSSR count). The summed E-state index contributed by atoms with van der Waals surface area (Å²) in [5.41, 5.74) is 2.20. The Morgan fingerprint density at radius 2 is 1.25 bits per heavy atom. The lowest BCUT2D eigenvalue weighted by Crippen LogP contribution is -2.62. The Kier molecular flexibility index (Phi) is 14.7. The van der Waals surface area contributed by atoms with E-state index in [4.69, 9.17) is 28.4 Å². The van der Waals surface area contributed by atoms with Crippen LogP contribution in [0.1, 0.15) is 51.6 Å². The maximum Gasteiger partial charge on any atom is 0.410 e. The highest BCUT2D eigenvalue weighted by Crippen LogP contribution is 2.29. The van der Waals surface area contributed by atoms with Crippen molar-refractivity contribution >= 4 is 18.0 Å². The number of hydrogen-bond acceptors (Lipinski definition) is 10. The predicted octanol–water partition coefficient (Wildman–Crippen LogP) is 6.20. The van der Waals surface area contributed by atoms with Gasteiger partial charge in [-0.1, -0.05) is 110 Å². The number of amides is 1.